The van der Waals surface area contributed by atoms with Gasteiger partial charge >= 0.3 is 13.2 Å². The molecule has 1 aliphatic rings. The van der Waals surface area contributed by atoms with E-state index in [1.54, 1.807) is 0 Å². The summed E-state index contributed by atoms with van der Waals surface area (Å²) >= 11 is 12.6. The van der Waals surface area contributed by atoms with E-state index in [2.05, 4.69) is 30.4 Å². The number of aryl methyl sites for hydroxylation is 2. The summed E-state index contributed by atoms with van der Waals surface area (Å²) in [5.41, 5.74) is 3.84. The van der Waals surface area contributed by atoms with Crippen molar-refractivity contribution >= 4 is 41.9 Å². The zero-order valence-electron chi connectivity index (χ0n) is 28.4. The van der Waals surface area contributed by atoms with Crippen molar-refractivity contribution in [2.75, 3.05) is 19.8 Å². The van der Waals surface area contributed by atoms with Crippen molar-refractivity contribution in [1.82, 2.24) is 5.32 Å². The molecule has 1 atom stereocenters. The quantitative estimate of drug-likeness (QED) is 0.164. The summed E-state index contributed by atoms with van der Waals surface area (Å²) in [5.74, 6) is 1.17. The number of ether oxygens (including phenoxy) is 3. The molecule has 3 aromatic carbocycles. The van der Waals surface area contributed by atoms with Gasteiger partial charge in [0, 0.05) is 12.5 Å². The van der Waals surface area contributed by atoms with Crippen LogP contribution in [0.3, 0.4) is 0 Å². The number of nitrogens with one attached hydrogen (secondary N) is 1. The molecule has 46 heavy (non-hydrogen) atoms. The molecule has 1 fully saturated rings. The normalized spacial score (nSPS) is 16.2. The summed E-state index contributed by atoms with van der Waals surface area (Å²) in [7, 11) is -0.445. The minimum atomic E-state index is -0.584. The van der Waals surface area contributed by atoms with E-state index in [4.69, 9.17) is 46.7 Å². The number of halogens is 2. The van der Waals surface area contributed by atoms with Crippen molar-refractivity contribution in [1.29, 1.82) is 0 Å². The molecular weight excluding hydrogens is 624 g/mol. The number of carbonyl (C=O) groups is 1. The third-order valence-corrected chi connectivity index (χ3v) is 8.86. The molecule has 248 valence electrons. The molecule has 1 saturated heterocycles. The number of rotatable bonds is 11. The Morgan fingerprint density at radius 2 is 1.48 bits per heavy atom. The second kappa shape index (κ2) is 14.5. The van der Waals surface area contributed by atoms with E-state index in [9.17, 15) is 4.79 Å². The maximum atomic E-state index is 12.6. The zero-order chi connectivity index (χ0) is 33.9. The Morgan fingerprint density at radius 3 is 2.04 bits per heavy atom. The average Bonchev–Trinajstić information content (AvgIpc) is 3.16. The SMILES string of the molecule is Cc1cc(Cl)c(OCCOc2ccc(CC(CNC(=O)OC(C)(C)C)c3ccc(B4OC(C)(C)C(C)(C)O4)cc3C)cc2)c(Cl)c1. The van der Waals surface area contributed by atoms with E-state index in [1.165, 1.54) is 0 Å². The van der Waals surface area contributed by atoms with E-state index in [-0.39, 0.29) is 5.92 Å². The number of benzene rings is 3. The molecule has 0 spiro atoms. The van der Waals surface area contributed by atoms with Crippen LogP contribution in [0.2, 0.25) is 10.0 Å². The Morgan fingerprint density at radius 1 is 0.891 bits per heavy atom. The van der Waals surface area contributed by atoms with Crippen LogP contribution in [-0.4, -0.2) is 49.8 Å². The molecular formula is C36H46BCl2NO6. The van der Waals surface area contributed by atoms with Gasteiger partial charge in [0.25, 0.3) is 0 Å². The Hall–Kier alpha value is -2.91. The van der Waals surface area contributed by atoms with Crippen molar-refractivity contribution < 1.29 is 28.3 Å². The minimum absolute atomic E-state index is 0.0101. The molecule has 1 N–H and O–H groups in total. The lowest BCUT2D eigenvalue weighted by Crippen LogP contribution is -2.41. The lowest BCUT2D eigenvalue weighted by atomic mass is 9.76. The molecule has 1 heterocycles. The van der Waals surface area contributed by atoms with Crippen LogP contribution >= 0.6 is 23.2 Å². The van der Waals surface area contributed by atoms with Crippen molar-refractivity contribution in [2.45, 2.75) is 91.5 Å². The Labute approximate surface area is 284 Å². The smallest absolute Gasteiger partial charge is 0.490 e. The van der Waals surface area contributed by atoms with Crippen molar-refractivity contribution in [3.63, 3.8) is 0 Å². The first-order valence-corrected chi connectivity index (χ1v) is 16.4. The maximum absolute atomic E-state index is 12.6. The maximum Gasteiger partial charge on any atom is 0.494 e. The Bertz CT molecular complexity index is 1480. The fourth-order valence-electron chi connectivity index (χ4n) is 5.23. The van der Waals surface area contributed by atoms with E-state index in [1.807, 2.05) is 91.8 Å². The van der Waals surface area contributed by atoms with Crippen LogP contribution in [-0.2, 0) is 20.5 Å². The summed E-state index contributed by atoms with van der Waals surface area (Å²) in [6.45, 7) is 18.8. The molecule has 0 saturated carbocycles. The van der Waals surface area contributed by atoms with Crippen LogP contribution < -0.4 is 20.3 Å². The topological polar surface area (TPSA) is 75.3 Å². The number of alkyl carbamates (subject to hydrolysis) is 1. The van der Waals surface area contributed by atoms with Gasteiger partial charge in [-0.3, -0.25) is 0 Å². The summed E-state index contributed by atoms with van der Waals surface area (Å²) in [6.07, 6.45) is 0.253. The lowest BCUT2D eigenvalue weighted by Gasteiger charge is -2.32. The fourth-order valence-corrected chi connectivity index (χ4v) is 5.93. The molecule has 0 aromatic heterocycles. The Kier molecular flexibility index (Phi) is 11.3. The van der Waals surface area contributed by atoms with Gasteiger partial charge in [-0.15, -0.1) is 0 Å². The number of hydrogen-bond acceptors (Lipinski definition) is 6. The van der Waals surface area contributed by atoms with Gasteiger partial charge in [0.1, 0.15) is 24.6 Å². The first-order valence-electron chi connectivity index (χ1n) is 15.7. The Balaban J connectivity index is 1.43. The first-order chi connectivity index (χ1) is 21.4. The highest BCUT2D eigenvalue weighted by atomic mass is 35.5. The van der Waals surface area contributed by atoms with Gasteiger partial charge in [-0.1, -0.05) is 53.5 Å². The summed E-state index contributed by atoms with van der Waals surface area (Å²) in [4.78, 5) is 12.6. The van der Waals surface area contributed by atoms with Gasteiger partial charge in [-0.05, 0) is 121 Å². The van der Waals surface area contributed by atoms with Crippen LogP contribution in [0, 0.1) is 13.8 Å². The van der Waals surface area contributed by atoms with Crippen LogP contribution in [0.1, 0.15) is 76.6 Å². The van der Waals surface area contributed by atoms with E-state index in [0.29, 0.717) is 42.0 Å². The highest BCUT2D eigenvalue weighted by Crippen LogP contribution is 2.37. The molecule has 1 aliphatic heterocycles. The minimum Gasteiger partial charge on any atom is -0.490 e. The third kappa shape index (κ3) is 9.34. The fraction of sp³-hybridized carbons (Fsp3) is 0.472. The zero-order valence-corrected chi connectivity index (χ0v) is 29.9. The highest BCUT2D eigenvalue weighted by Gasteiger charge is 2.51. The number of hydrogen-bond donors (Lipinski definition) is 1. The van der Waals surface area contributed by atoms with Crippen LogP contribution in [0.4, 0.5) is 4.79 Å². The summed E-state index contributed by atoms with van der Waals surface area (Å²) in [5, 5.41) is 3.93. The molecule has 7 nitrogen and oxygen atoms in total. The van der Waals surface area contributed by atoms with E-state index < -0.39 is 30.0 Å². The van der Waals surface area contributed by atoms with E-state index >= 15 is 0 Å². The molecule has 1 amide bonds. The van der Waals surface area contributed by atoms with Crippen LogP contribution in [0.5, 0.6) is 11.5 Å². The van der Waals surface area contributed by atoms with Gasteiger partial charge < -0.3 is 28.8 Å². The van der Waals surface area contributed by atoms with Crippen LogP contribution in [0.25, 0.3) is 0 Å². The van der Waals surface area contributed by atoms with E-state index in [0.717, 1.165) is 33.5 Å². The van der Waals surface area contributed by atoms with Gasteiger partial charge in [0.2, 0.25) is 0 Å². The monoisotopic (exact) mass is 669 g/mol. The molecule has 3 aromatic rings. The largest absolute Gasteiger partial charge is 0.494 e. The lowest BCUT2D eigenvalue weighted by molar-refractivity contribution is 0.00578. The van der Waals surface area contributed by atoms with Crippen LogP contribution in [0.15, 0.2) is 54.6 Å². The van der Waals surface area contributed by atoms with Crippen molar-refractivity contribution in [3.05, 3.63) is 86.9 Å². The number of amides is 1. The summed E-state index contributed by atoms with van der Waals surface area (Å²) < 4.78 is 29.8. The van der Waals surface area contributed by atoms with Crippen molar-refractivity contribution in [3.8, 4) is 11.5 Å². The second-order valence-corrected chi connectivity index (χ2v) is 14.7. The number of carbonyl (C=O) groups excluding carboxylic acids is 1. The average molecular weight is 670 g/mol. The molecule has 4 rings (SSSR count). The van der Waals surface area contributed by atoms with Gasteiger partial charge in [-0.25, -0.2) is 4.79 Å². The molecule has 1 unspecified atom stereocenters. The predicted octanol–water partition coefficient (Wildman–Crippen LogP) is 8.22. The van der Waals surface area contributed by atoms with Crippen molar-refractivity contribution in [2.24, 2.45) is 0 Å². The van der Waals surface area contributed by atoms with Gasteiger partial charge in [-0.2, -0.15) is 0 Å². The predicted molar refractivity (Wildman–Crippen MR) is 186 cm³/mol. The first kappa shape index (κ1) is 35.9. The molecule has 10 heteroatoms. The van der Waals surface area contributed by atoms with Gasteiger partial charge in [0.15, 0.2) is 5.75 Å². The molecule has 0 aliphatic carbocycles. The third-order valence-electron chi connectivity index (χ3n) is 8.30. The standard InChI is InChI=1S/C36H46BCl2NO6/c1-23-18-30(38)32(31(39)19-23)43-17-16-42-28-13-10-25(11-14-28)21-26(22-40-33(41)44-34(3,4)5)29-15-12-27(20-24(29)2)37-45-35(6,7)36(8,9)46-37/h10-15,18-20,26H,16-17,21-22H2,1-9H3,(H,40,41). The molecule has 0 bridgehead atoms. The molecule has 0 radical (unpaired) electrons. The highest BCUT2D eigenvalue weighted by molar-refractivity contribution is 6.62. The van der Waals surface area contributed by atoms with Gasteiger partial charge in [0.05, 0.1) is 21.2 Å². The second-order valence-electron chi connectivity index (χ2n) is 13.9. The summed E-state index contributed by atoms with van der Waals surface area (Å²) in [6, 6.07) is 17.9.